The second-order valence-electron chi connectivity index (χ2n) is 4.79. The van der Waals surface area contributed by atoms with Gasteiger partial charge in [-0.05, 0) is 17.5 Å². The fourth-order valence-electron chi connectivity index (χ4n) is 2.15. The van der Waals surface area contributed by atoms with Gasteiger partial charge in [-0.15, -0.1) is 0 Å². The normalized spacial score (nSPS) is 15.7. The van der Waals surface area contributed by atoms with Crippen molar-refractivity contribution >= 4 is 6.09 Å². The molecule has 0 aliphatic carbocycles. The van der Waals surface area contributed by atoms with Gasteiger partial charge in [0.15, 0.2) is 0 Å². The molecule has 0 atom stereocenters. The van der Waals surface area contributed by atoms with Crippen molar-refractivity contribution in [1.82, 2.24) is 4.90 Å². The standard InChI is InChI=1S/C13H11F6NO2/c14-12(15,16)10(13(17,18)19)22-11(21)20-6-5-8-3-1-2-4-9(8)7-20/h1-4,10H,5-7H2. The minimum atomic E-state index is -5.71. The Balaban J connectivity index is 2.09. The number of benzene rings is 1. The van der Waals surface area contributed by atoms with Gasteiger partial charge in [0.25, 0.3) is 6.10 Å². The summed E-state index contributed by atoms with van der Waals surface area (Å²) in [6.07, 6.45) is -16.8. The zero-order valence-electron chi connectivity index (χ0n) is 11.0. The van der Waals surface area contributed by atoms with E-state index in [0.29, 0.717) is 12.0 Å². The summed E-state index contributed by atoms with van der Waals surface area (Å²) in [7, 11) is 0. The molecule has 1 aliphatic rings. The quantitative estimate of drug-likeness (QED) is 0.737. The minimum Gasteiger partial charge on any atom is -0.426 e. The van der Waals surface area contributed by atoms with Gasteiger partial charge in [-0.2, -0.15) is 26.3 Å². The molecule has 1 aromatic rings. The van der Waals surface area contributed by atoms with Crippen molar-refractivity contribution in [1.29, 1.82) is 0 Å². The number of hydrogen-bond donors (Lipinski definition) is 0. The molecule has 3 nitrogen and oxygen atoms in total. The highest BCUT2D eigenvalue weighted by Gasteiger charge is 2.60. The summed E-state index contributed by atoms with van der Waals surface area (Å²) in [5.41, 5.74) is 1.57. The lowest BCUT2D eigenvalue weighted by Crippen LogP contribution is -2.48. The Hall–Kier alpha value is -1.93. The molecule has 9 heteroatoms. The van der Waals surface area contributed by atoms with Crippen molar-refractivity contribution < 1.29 is 35.9 Å². The summed E-state index contributed by atoms with van der Waals surface area (Å²) in [5, 5.41) is 0. The van der Waals surface area contributed by atoms with Gasteiger partial charge in [-0.1, -0.05) is 24.3 Å². The SMILES string of the molecule is O=C(OC(C(F)(F)F)C(F)(F)F)N1CCc2ccccc2C1. The highest BCUT2D eigenvalue weighted by Crippen LogP contribution is 2.36. The Morgan fingerprint density at radius 1 is 1.05 bits per heavy atom. The average molecular weight is 327 g/mol. The molecule has 0 bridgehead atoms. The highest BCUT2D eigenvalue weighted by atomic mass is 19.4. The molecular formula is C13H11F6NO2. The van der Waals surface area contributed by atoms with E-state index in [1.165, 1.54) is 0 Å². The van der Waals surface area contributed by atoms with Gasteiger partial charge in [0.2, 0.25) is 0 Å². The van der Waals surface area contributed by atoms with E-state index in [9.17, 15) is 31.1 Å². The Kier molecular flexibility index (Phi) is 4.25. The summed E-state index contributed by atoms with van der Waals surface area (Å²) >= 11 is 0. The van der Waals surface area contributed by atoms with Gasteiger partial charge in [0, 0.05) is 13.1 Å². The second-order valence-corrected chi connectivity index (χ2v) is 4.79. The van der Waals surface area contributed by atoms with Crippen molar-refractivity contribution in [3.63, 3.8) is 0 Å². The lowest BCUT2D eigenvalue weighted by Gasteiger charge is -2.30. The first kappa shape index (κ1) is 16.4. The lowest BCUT2D eigenvalue weighted by atomic mass is 10.0. The molecule has 22 heavy (non-hydrogen) atoms. The number of halogens is 6. The maximum absolute atomic E-state index is 12.4. The largest absolute Gasteiger partial charge is 0.434 e. The van der Waals surface area contributed by atoms with Gasteiger partial charge in [0.05, 0.1) is 0 Å². The molecule has 0 N–H and O–H groups in total. The van der Waals surface area contributed by atoms with Gasteiger partial charge in [-0.3, -0.25) is 0 Å². The molecule has 1 heterocycles. The van der Waals surface area contributed by atoms with E-state index in [1.54, 1.807) is 24.3 Å². The molecule has 0 saturated carbocycles. The Morgan fingerprint density at radius 3 is 2.14 bits per heavy atom. The van der Waals surface area contributed by atoms with Crippen LogP contribution in [0.1, 0.15) is 11.1 Å². The highest BCUT2D eigenvalue weighted by molar-refractivity contribution is 5.68. The van der Waals surface area contributed by atoms with Gasteiger partial charge < -0.3 is 9.64 Å². The number of amides is 1. The fraction of sp³-hybridized carbons (Fsp3) is 0.462. The fourth-order valence-corrected chi connectivity index (χ4v) is 2.15. The van der Waals surface area contributed by atoms with Crippen molar-refractivity contribution in [3.8, 4) is 0 Å². The number of carbonyl (C=O) groups excluding carboxylic acids is 1. The molecule has 2 rings (SSSR count). The van der Waals surface area contributed by atoms with Crippen LogP contribution >= 0.6 is 0 Å². The number of carbonyl (C=O) groups is 1. The number of hydrogen-bond acceptors (Lipinski definition) is 2. The molecule has 1 aliphatic heterocycles. The van der Waals surface area contributed by atoms with E-state index in [-0.39, 0.29) is 13.1 Å². The van der Waals surface area contributed by atoms with Crippen molar-refractivity contribution in [2.24, 2.45) is 0 Å². The molecular weight excluding hydrogens is 316 g/mol. The molecule has 0 unspecified atom stereocenters. The third-order valence-electron chi connectivity index (χ3n) is 3.20. The number of alkyl halides is 6. The molecule has 1 amide bonds. The van der Waals surface area contributed by atoms with Gasteiger partial charge >= 0.3 is 18.4 Å². The molecule has 0 spiro atoms. The summed E-state index contributed by atoms with van der Waals surface area (Å²) < 4.78 is 77.9. The molecule has 122 valence electrons. The van der Waals surface area contributed by atoms with Gasteiger partial charge in [0.1, 0.15) is 0 Å². The van der Waals surface area contributed by atoms with Crippen LogP contribution in [0.3, 0.4) is 0 Å². The maximum Gasteiger partial charge on any atom is 0.434 e. The summed E-state index contributed by atoms with van der Waals surface area (Å²) in [6, 6.07) is 6.87. The second kappa shape index (κ2) is 5.69. The lowest BCUT2D eigenvalue weighted by molar-refractivity contribution is -0.308. The molecule has 0 fully saturated rings. The average Bonchev–Trinajstić information content (AvgIpc) is 2.41. The predicted molar refractivity (Wildman–Crippen MR) is 62.9 cm³/mol. The first-order valence-corrected chi connectivity index (χ1v) is 6.25. The van der Waals surface area contributed by atoms with Crippen molar-refractivity contribution in [2.45, 2.75) is 31.4 Å². The molecule has 1 aromatic carbocycles. The Morgan fingerprint density at radius 2 is 1.59 bits per heavy atom. The van der Waals surface area contributed by atoms with E-state index in [4.69, 9.17) is 0 Å². The van der Waals surface area contributed by atoms with E-state index in [2.05, 4.69) is 4.74 Å². The number of rotatable bonds is 1. The first-order valence-electron chi connectivity index (χ1n) is 6.25. The molecule has 0 aromatic heterocycles. The van der Waals surface area contributed by atoms with Crippen molar-refractivity contribution in [2.75, 3.05) is 6.54 Å². The number of nitrogens with zero attached hydrogens (tertiary/aromatic N) is 1. The van der Waals surface area contributed by atoms with Crippen LogP contribution in [0.2, 0.25) is 0 Å². The van der Waals surface area contributed by atoms with E-state index in [0.717, 1.165) is 10.5 Å². The monoisotopic (exact) mass is 327 g/mol. The summed E-state index contributed by atoms with van der Waals surface area (Å²) in [6.45, 7) is -0.0876. The Bertz CT molecular complexity index is 540. The molecule has 0 radical (unpaired) electrons. The predicted octanol–water partition coefficient (Wildman–Crippen LogP) is 3.67. The Labute approximate surface area is 121 Å². The summed E-state index contributed by atoms with van der Waals surface area (Å²) in [4.78, 5) is 12.4. The third kappa shape index (κ3) is 3.63. The first-order chi connectivity index (χ1) is 10.1. The van der Waals surface area contributed by atoms with Crippen LogP contribution in [-0.4, -0.2) is 36.0 Å². The van der Waals surface area contributed by atoms with Gasteiger partial charge in [-0.25, -0.2) is 4.79 Å². The number of ether oxygens (including phenoxy) is 1. The van der Waals surface area contributed by atoms with Crippen LogP contribution < -0.4 is 0 Å². The van der Waals surface area contributed by atoms with E-state index in [1.807, 2.05) is 0 Å². The van der Waals surface area contributed by atoms with E-state index < -0.39 is 24.5 Å². The summed E-state index contributed by atoms with van der Waals surface area (Å²) in [5.74, 6) is 0. The smallest absolute Gasteiger partial charge is 0.426 e. The zero-order valence-corrected chi connectivity index (χ0v) is 11.0. The topological polar surface area (TPSA) is 29.5 Å². The zero-order chi connectivity index (χ0) is 16.5. The van der Waals surface area contributed by atoms with Crippen LogP contribution in [0.15, 0.2) is 24.3 Å². The van der Waals surface area contributed by atoms with Crippen LogP contribution in [0.25, 0.3) is 0 Å². The maximum atomic E-state index is 12.4. The van der Waals surface area contributed by atoms with Crippen LogP contribution in [0.5, 0.6) is 0 Å². The molecule has 0 saturated heterocycles. The number of fused-ring (bicyclic) bond motifs is 1. The van der Waals surface area contributed by atoms with E-state index >= 15 is 0 Å². The van der Waals surface area contributed by atoms with Crippen LogP contribution in [-0.2, 0) is 17.7 Å². The van der Waals surface area contributed by atoms with Crippen molar-refractivity contribution in [3.05, 3.63) is 35.4 Å². The minimum absolute atomic E-state index is 0.00171. The van der Waals surface area contributed by atoms with Crippen LogP contribution in [0.4, 0.5) is 31.1 Å². The van der Waals surface area contributed by atoms with Crippen LogP contribution in [0, 0.1) is 0 Å². The third-order valence-corrected chi connectivity index (χ3v) is 3.20.